The van der Waals surface area contributed by atoms with Gasteiger partial charge < -0.3 is 0 Å². The molecule has 1 nitrogen and oxygen atoms in total. The van der Waals surface area contributed by atoms with E-state index in [1.807, 2.05) is 0 Å². The summed E-state index contributed by atoms with van der Waals surface area (Å²) in [6, 6.07) is 6.31. The Kier molecular flexibility index (Phi) is 3.18. The molecule has 3 heterocycles. The van der Waals surface area contributed by atoms with E-state index in [0.29, 0.717) is 0 Å². The zero-order chi connectivity index (χ0) is 12.6. The van der Waals surface area contributed by atoms with Gasteiger partial charge in [-0.2, -0.15) is 0 Å². The molecule has 0 bridgehead atoms. The lowest BCUT2D eigenvalue weighted by atomic mass is 9.95. The zero-order valence-electron chi connectivity index (χ0n) is 9.88. The summed E-state index contributed by atoms with van der Waals surface area (Å²) in [4.78, 5) is 14.6. The third-order valence-corrected chi connectivity index (χ3v) is 6.66. The first-order valence-electron chi connectivity index (χ1n) is 5.70. The molecule has 3 rings (SSSR count). The van der Waals surface area contributed by atoms with Crippen LogP contribution >= 0.6 is 34.4 Å². The Hall–Kier alpha value is -0.840. The van der Waals surface area contributed by atoms with E-state index >= 15 is 0 Å². The van der Waals surface area contributed by atoms with E-state index in [0.717, 1.165) is 6.42 Å². The highest BCUT2D eigenvalue weighted by molar-refractivity contribution is 8.04. The molecule has 0 amide bonds. The number of carbonyl (C=O) groups excluding carboxylic acids is 1. The van der Waals surface area contributed by atoms with Crippen LogP contribution in [0.15, 0.2) is 40.4 Å². The molecule has 18 heavy (non-hydrogen) atoms. The maximum atomic E-state index is 12.1. The minimum atomic E-state index is -0.381. The van der Waals surface area contributed by atoms with Gasteiger partial charge >= 0.3 is 0 Å². The maximum Gasteiger partial charge on any atom is 0.151 e. The molecule has 0 fully saturated rings. The second-order valence-corrected chi connectivity index (χ2v) is 7.29. The van der Waals surface area contributed by atoms with E-state index < -0.39 is 0 Å². The van der Waals surface area contributed by atoms with Crippen molar-refractivity contribution in [3.63, 3.8) is 0 Å². The molecule has 0 saturated heterocycles. The van der Waals surface area contributed by atoms with Gasteiger partial charge in [0.05, 0.1) is 0 Å². The van der Waals surface area contributed by atoms with E-state index in [4.69, 9.17) is 0 Å². The van der Waals surface area contributed by atoms with Gasteiger partial charge in [-0.3, -0.25) is 4.79 Å². The molecule has 1 aliphatic heterocycles. The molecule has 92 valence electrons. The maximum absolute atomic E-state index is 12.1. The number of hydrogen-bond acceptors (Lipinski definition) is 4. The number of thioether (sulfide) groups is 1. The van der Waals surface area contributed by atoms with Crippen molar-refractivity contribution in [2.75, 3.05) is 0 Å². The van der Waals surface area contributed by atoms with Gasteiger partial charge in [0, 0.05) is 15.3 Å². The Morgan fingerprint density at radius 1 is 1.28 bits per heavy atom. The van der Waals surface area contributed by atoms with E-state index in [2.05, 4.69) is 40.4 Å². The van der Waals surface area contributed by atoms with Crippen molar-refractivity contribution >= 4 is 40.2 Å². The Bertz CT molecular complexity index is 584. The average molecular weight is 292 g/mol. The van der Waals surface area contributed by atoms with Crippen LogP contribution in [0, 0.1) is 0 Å². The number of rotatable bonds is 3. The van der Waals surface area contributed by atoms with Crippen LogP contribution in [0.2, 0.25) is 0 Å². The minimum absolute atomic E-state index is 0.248. The number of thiophene rings is 2. The molecule has 0 aliphatic carbocycles. The van der Waals surface area contributed by atoms with Crippen LogP contribution in [0.4, 0.5) is 0 Å². The van der Waals surface area contributed by atoms with E-state index in [1.165, 1.54) is 15.3 Å². The molecule has 0 radical (unpaired) electrons. The van der Waals surface area contributed by atoms with Gasteiger partial charge in [-0.25, -0.2) is 0 Å². The predicted octanol–water partition coefficient (Wildman–Crippen LogP) is 4.91. The van der Waals surface area contributed by atoms with Crippen LogP contribution in [-0.4, -0.2) is 5.78 Å². The van der Waals surface area contributed by atoms with Gasteiger partial charge in [-0.1, -0.05) is 12.1 Å². The lowest BCUT2D eigenvalue weighted by Crippen LogP contribution is -2.27. The summed E-state index contributed by atoms with van der Waals surface area (Å²) < 4.78 is -0.381. The summed E-state index contributed by atoms with van der Waals surface area (Å²) in [6.45, 7) is 1.71. The fourth-order valence-corrected chi connectivity index (χ4v) is 5.38. The predicted molar refractivity (Wildman–Crippen MR) is 81.3 cm³/mol. The highest BCUT2D eigenvalue weighted by atomic mass is 32.2. The zero-order valence-corrected chi connectivity index (χ0v) is 12.3. The van der Waals surface area contributed by atoms with Crippen molar-refractivity contribution in [1.82, 2.24) is 0 Å². The van der Waals surface area contributed by atoms with E-state index in [-0.39, 0.29) is 10.5 Å². The van der Waals surface area contributed by atoms with Crippen LogP contribution in [0.5, 0.6) is 0 Å². The third kappa shape index (κ3) is 1.79. The summed E-state index contributed by atoms with van der Waals surface area (Å²) in [7, 11) is 0. The van der Waals surface area contributed by atoms with Crippen LogP contribution in [0.1, 0.15) is 18.2 Å². The first kappa shape index (κ1) is 12.2. The highest BCUT2D eigenvalue weighted by Crippen LogP contribution is 2.51. The molecule has 0 aromatic carbocycles. The first-order valence-corrected chi connectivity index (χ1v) is 8.34. The normalized spacial score (nSPS) is 22.5. The SMILES string of the molecule is CC(=O)C1(c2sccc2-c2cccs2)CC=CS1. The smallest absolute Gasteiger partial charge is 0.151 e. The van der Waals surface area contributed by atoms with Crippen molar-refractivity contribution in [2.45, 2.75) is 18.1 Å². The van der Waals surface area contributed by atoms with Crippen molar-refractivity contribution in [2.24, 2.45) is 0 Å². The standard InChI is InChI=1S/C14H12OS3/c1-10(15)14(6-3-8-18-14)13-11(5-9-17-13)12-4-2-7-16-12/h2-5,7-9H,6H2,1H3. The van der Waals surface area contributed by atoms with Crippen molar-refractivity contribution in [3.8, 4) is 10.4 Å². The Balaban J connectivity index is 2.12. The van der Waals surface area contributed by atoms with E-state index in [1.54, 1.807) is 41.4 Å². The second-order valence-electron chi connectivity index (χ2n) is 4.22. The summed E-state index contributed by atoms with van der Waals surface area (Å²) in [5.74, 6) is 0.248. The van der Waals surface area contributed by atoms with Gasteiger partial charge in [0.15, 0.2) is 5.78 Å². The summed E-state index contributed by atoms with van der Waals surface area (Å²) in [5, 5.41) is 6.23. The third-order valence-electron chi connectivity index (χ3n) is 3.16. The highest BCUT2D eigenvalue weighted by Gasteiger charge is 2.41. The number of ketones is 1. The molecule has 1 unspecified atom stereocenters. The summed E-state index contributed by atoms with van der Waals surface area (Å²) in [5.41, 5.74) is 1.22. The topological polar surface area (TPSA) is 17.1 Å². The van der Waals surface area contributed by atoms with Crippen LogP contribution in [0.25, 0.3) is 10.4 Å². The number of carbonyl (C=O) groups is 1. The van der Waals surface area contributed by atoms with Gasteiger partial charge in [0.25, 0.3) is 0 Å². The molecule has 2 aromatic rings. The molecule has 0 spiro atoms. The lowest BCUT2D eigenvalue weighted by Gasteiger charge is -2.25. The van der Waals surface area contributed by atoms with Crippen LogP contribution in [-0.2, 0) is 9.54 Å². The monoisotopic (exact) mass is 292 g/mol. The Labute approximate surface area is 119 Å². The van der Waals surface area contributed by atoms with Gasteiger partial charge in [0.1, 0.15) is 4.75 Å². The Morgan fingerprint density at radius 2 is 2.17 bits per heavy atom. The fourth-order valence-electron chi connectivity index (χ4n) is 2.21. The van der Waals surface area contributed by atoms with Gasteiger partial charge in [-0.05, 0) is 41.6 Å². The van der Waals surface area contributed by atoms with Crippen molar-refractivity contribution < 1.29 is 4.79 Å². The van der Waals surface area contributed by atoms with Crippen molar-refractivity contribution in [1.29, 1.82) is 0 Å². The molecule has 0 N–H and O–H groups in total. The number of hydrogen-bond donors (Lipinski definition) is 0. The molecular formula is C14H12OS3. The fraction of sp³-hybridized carbons (Fsp3) is 0.214. The first-order chi connectivity index (χ1) is 8.74. The quantitative estimate of drug-likeness (QED) is 0.799. The molecular weight excluding hydrogens is 280 g/mol. The largest absolute Gasteiger partial charge is 0.298 e. The summed E-state index contributed by atoms with van der Waals surface area (Å²) >= 11 is 5.08. The van der Waals surface area contributed by atoms with Crippen molar-refractivity contribution in [3.05, 3.63) is 45.3 Å². The molecule has 2 aromatic heterocycles. The van der Waals surface area contributed by atoms with Crippen LogP contribution < -0.4 is 0 Å². The second kappa shape index (κ2) is 4.68. The number of allylic oxidation sites excluding steroid dienone is 1. The van der Waals surface area contributed by atoms with Gasteiger partial charge in [-0.15, -0.1) is 34.4 Å². The molecule has 4 heteroatoms. The lowest BCUT2D eigenvalue weighted by molar-refractivity contribution is -0.119. The minimum Gasteiger partial charge on any atom is -0.298 e. The molecule has 0 saturated carbocycles. The van der Waals surface area contributed by atoms with E-state index in [9.17, 15) is 4.79 Å². The summed E-state index contributed by atoms with van der Waals surface area (Å²) in [6.07, 6.45) is 2.91. The average Bonchev–Trinajstić information content (AvgIpc) is 3.11. The number of Topliss-reactive ketones (excluding diaryl/α,β-unsaturated/α-hetero) is 1. The van der Waals surface area contributed by atoms with Gasteiger partial charge in [0.2, 0.25) is 0 Å². The molecule has 1 aliphatic rings. The van der Waals surface area contributed by atoms with Crippen LogP contribution in [0.3, 0.4) is 0 Å². The Morgan fingerprint density at radius 3 is 2.78 bits per heavy atom. The molecule has 1 atom stereocenters.